The van der Waals surface area contributed by atoms with Crippen molar-refractivity contribution >= 4 is 0 Å². The van der Waals surface area contributed by atoms with Gasteiger partial charge in [-0.3, -0.25) is 4.74 Å². The molecule has 1 saturated carbocycles. The van der Waals surface area contributed by atoms with Crippen molar-refractivity contribution < 1.29 is 14.2 Å². The lowest BCUT2D eigenvalue weighted by Gasteiger charge is -2.30. The minimum Gasteiger partial charge on any atom is -0.310 e. The molecule has 2 aliphatic rings. The van der Waals surface area contributed by atoms with Gasteiger partial charge in [0.05, 0.1) is 0 Å². The van der Waals surface area contributed by atoms with E-state index in [-0.39, 0.29) is 0 Å². The number of hydrogen-bond acceptors (Lipinski definition) is 5. The molecule has 15 heavy (non-hydrogen) atoms. The van der Waals surface area contributed by atoms with Crippen molar-refractivity contribution in [1.29, 1.82) is 0 Å². The Kier molecular flexibility index (Phi) is 2.79. The molecule has 0 amide bonds. The Bertz CT molecular complexity index is 259. The zero-order valence-corrected chi connectivity index (χ0v) is 9.52. The van der Waals surface area contributed by atoms with Crippen molar-refractivity contribution in [3.05, 3.63) is 0 Å². The third-order valence-electron chi connectivity index (χ3n) is 3.34. The van der Waals surface area contributed by atoms with Crippen molar-refractivity contribution in [2.75, 3.05) is 14.2 Å². The molecule has 1 atom stereocenters. The number of hydrogen-bond donors (Lipinski definition) is 0. The van der Waals surface area contributed by atoms with Gasteiger partial charge in [-0.2, -0.15) is 5.11 Å². The van der Waals surface area contributed by atoms with Crippen LogP contribution in [0.25, 0.3) is 0 Å². The second kappa shape index (κ2) is 3.81. The Balaban J connectivity index is 2.10. The number of ether oxygens (including phenoxy) is 3. The summed E-state index contributed by atoms with van der Waals surface area (Å²) < 4.78 is 15.9. The van der Waals surface area contributed by atoms with E-state index in [1.54, 1.807) is 0 Å². The average molecular weight is 214 g/mol. The van der Waals surface area contributed by atoms with E-state index in [4.69, 9.17) is 14.2 Å². The second-order valence-electron chi connectivity index (χ2n) is 4.27. The zero-order chi connectivity index (χ0) is 10.9. The van der Waals surface area contributed by atoms with E-state index in [1.165, 1.54) is 27.1 Å². The van der Waals surface area contributed by atoms with Crippen molar-refractivity contribution in [3.8, 4) is 0 Å². The van der Waals surface area contributed by atoms with Gasteiger partial charge in [-0.15, -0.1) is 0 Å². The Hall–Kier alpha value is -0.520. The van der Waals surface area contributed by atoms with Crippen LogP contribution in [0.2, 0.25) is 0 Å². The maximum Gasteiger partial charge on any atom is 0.414 e. The quantitative estimate of drug-likeness (QED) is 0.677. The van der Waals surface area contributed by atoms with Crippen molar-refractivity contribution in [1.82, 2.24) is 0 Å². The summed E-state index contributed by atoms with van der Waals surface area (Å²) in [6, 6.07) is 0. The lowest BCUT2D eigenvalue weighted by atomic mass is 9.96. The molecule has 5 nitrogen and oxygen atoms in total. The molecule has 1 heterocycles. The van der Waals surface area contributed by atoms with Gasteiger partial charge >= 0.3 is 6.10 Å². The fourth-order valence-electron chi connectivity index (χ4n) is 2.34. The highest BCUT2D eigenvalue weighted by atomic mass is 16.9. The molecule has 0 aromatic carbocycles. The second-order valence-corrected chi connectivity index (χ2v) is 4.27. The van der Waals surface area contributed by atoms with Crippen LogP contribution in [0.1, 0.15) is 32.6 Å². The minimum atomic E-state index is -1.32. The van der Waals surface area contributed by atoms with Gasteiger partial charge in [-0.25, -0.2) is 0 Å². The van der Waals surface area contributed by atoms with Crippen molar-refractivity contribution in [2.24, 2.45) is 16.1 Å². The summed E-state index contributed by atoms with van der Waals surface area (Å²) in [5.74, 6) is 0.424. The van der Waals surface area contributed by atoms with Crippen LogP contribution in [-0.4, -0.2) is 26.0 Å². The van der Waals surface area contributed by atoms with Gasteiger partial charge < -0.3 is 9.47 Å². The standard InChI is InChI=1S/C10H18N2O3/c1-9(8-6-4-5-7-8)11-12-10(13-2,14-3)15-9/h8H,4-7H2,1-3H3. The Morgan fingerprint density at radius 3 is 2.20 bits per heavy atom. The first-order valence-electron chi connectivity index (χ1n) is 5.39. The van der Waals surface area contributed by atoms with E-state index in [2.05, 4.69) is 10.2 Å². The molecular weight excluding hydrogens is 196 g/mol. The van der Waals surface area contributed by atoms with Crippen LogP contribution in [-0.2, 0) is 14.2 Å². The summed E-state index contributed by atoms with van der Waals surface area (Å²) in [4.78, 5) is 0. The number of azo groups is 1. The van der Waals surface area contributed by atoms with Crippen molar-refractivity contribution in [2.45, 2.75) is 44.4 Å². The van der Waals surface area contributed by atoms with E-state index >= 15 is 0 Å². The Morgan fingerprint density at radius 2 is 1.73 bits per heavy atom. The molecule has 86 valence electrons. The molecular formula is C10H18N2O3. The largest absolute Gasteiger partial charge is 0.414 e. The van der Waals surface area contributed by atoms with Crippen LogP contribution in [0.5, 0.6) is 0 Å². The first kappa shape index (κ1) is 11.0. The highest BCUT2D eigenvalue weighted by Crippen LogP contribution is 2.44. The molecule has 0 radical (unpaired) electrons. The number of nitrogens with zero attached hydrogens (tertiary/aromatic N) is 2. The monoisotopic (exact) mass is 214 g/mol. The van der Waals surface area contributed by atoms with Gasteiger partial charge in [0.1, 0.15) is 0 Å². The molecule has 0 aromatic rings. The number of rotatable bonds is 3. The maximum absolute atomic E-state index is 5.74. The maximum atomic E-state index is 5.74. The molecule has 0 spiro atoms. The molecule has 1 fully saturated rings. The average Bonchev–Trinajstić information content (AvgIpc) is 2.86. The first-order chi connectivity index (χ1) is 7.14. The lowest BCUT2D eigenvalue weighted by Crippen LogP contribution is -2.41. The van der Waals surface area contributed by atoms with Crippen LogP contribution in [0.15, 0.2) is 10.2 Å². The smallest absolute Gasteiger partial charge is 0.310 e. The third-order valence-corrected chi connectivity index (χ3v) is 3.34. The van der Waals surface area contributed by atoms with Gasteiger partial charge in [-0.1, -0.05) is 18.0 Å². The summed E-state index contributed by atoms with van der Waals surface area (Å²) in [5.41, 5.74) is -0.581. The van der Waals surface area contributed by atoms with Crippen LogP contribution >= 0.6 is 0 Å². The summed E-state index contributed by atoms with van der Waals surface area (Å²) in [6.07, 6.45) is 3.44. The summed E-state index contributed by atoms with van der Waals surface area (Å²) in [5, 5.41) is 8.16. The van der Waals surface area contributed by atoms with E-state index in [9.17, 15) is 0 Å². The van der Waals surface area contributed by atoms with Gasteiger partial charge in [0, 0.05) is 20.1 Å². The fourth-order valence-corrected chi connectivity index (χ4v) is 2.34. The summed E-state index contributed by atoms with van der Waals surface area (Å²) >= 11 is 0. The fraction of sp³-hybridized carbons (Fsp3) is 1.00. The van der Waals surface area contributed by atoms with E-state index < -0.39 is 11.8 Å². The molecule has 0 N–H and O–H groups in total. The van der Waals surface area contributed by atoms with Crippen LogP contribution in [0.4, 0.5) is 0 Å². The molecule has 1 aliphatic carbocycles. The highest BCUT2D eigenvalue weighted by Gasteiger charge is 2.51. The first-order valence-corrected chi connectivity index (χ1v) is 5.39. The third kappa shape index (κ3) is 1.79. The number of methoxy groups -OCH3 is 2. The van der Waals surface area contributed by atoms with Gasteiger partial charge in [0.2, 0.25) is 0 Å². The van der Waals surface area contributed by atoms with Crippen LogP contribution in [0.3, 0.4) is 0 Å². The topological polar surface area (TPSA) is 52.4 Å². The van der Waals surface area contributed by atoms with Gasteiger partial charge in [-0.05, 0) is 19.8 Å². The molecule has 0 bridgehead atoms. The van der Waals surface area contributed by atoms with Crippen LogP contribution < -0.4 is 0 Å². The van der Waals surface area contributed by atoms with E-state index in [0.717, 1.165) is 12.8 Å². The summed E-state index contributed by atoms with van der Waals surface area (Å²) in [6.45, 7) is 1.95. The minimum absolute atomic E-state index is 0.424. The lowest BCUT2D eigenvalue weighted by molar-refractivity contribution is -0.374. The Labute approximate surface area is 89.8 Å². The predicted molar refractivity (Wildman–Crippen MR) is 53.1 cm³/mol. The highest BCUT2D eigenvalue weighted by molar-refractivity contribution is 4.88. The zero-order valence-electron chi connectivity index (χ0n) is 9.52. The van der Waals surface area contributed by atoms with E-state index in [0.29, 0.717) is 5.92 Å². The van der Waals surface area contributed by atoms with Gasteiger partial charge in [0.25, 0.3) is 0 Å². The molecule has 0 saturated heterocycles. The summed E-state index contributed by atoms with van der Waals surface area (Å²) in [7, 11) is 3.01. The predicted octanol–water partition coefficient (Wildman–Crippen LogP) is 2.28. The normalized spacial score (nSPS) is 35.1. The van der Waals surface area contributed by atoms with Crippen LogP contribution in [0, 0.1) is 5.92 Å². The molecule has 2 rings (SSSR count). The van der Waals surface area contributed by atoms with Gasteiger partial charge in [0.15, 0.2) is 5.72 Å². The van der Waals surface area contributed by atoms with E-state index in [1.807, 2.05) is 6.92 Å². The molecule has 1 unspecified atom stereocenters. The molecule has 0 aromatic heterocycles. The molecule has 1 aliphatic heterocycles. The Morgan fingerprint density at radius 1 is 1.13 bits per heavy atom. The SMILES string of the molecule is COC1(OC)N=NC(C)(C2CCCC2)O1. The van der Waals surface area contributed by atoms with Crippen molar-refractivity contribution in [3.63, 3.8) is 0 Å². The molecule has 5 heteroatoms.